The summed E-state index contributed by atoms with van der Waals surface area (Å²) in [6.07, 6.45) is 3.83. The number of aliphatic hydroxyl groups is 1. The maximum atomic E-state index is 13.3. The Morgan fingerprint density at radius 3 is 2.85 bits per heavy atom. The minimum Gasteiger partial charge on any atom is -0.512 e. The van der Waals surface area contributed by atoms with Crippen molar-refractivity contribution in [1.29, 1.82) is 0 Å². The molecule has 2 aliphatic rings. The van der Waals surface area contributed by atoms with Gasteiger partial charge in [0.15, 0.2) is 11.6 Å². The van der Waals surface area contributed by atoms with E-state index in [0.717, 1.165) is 12.8 Å². The molecule has 0 amide bonds. The van der Waals surface area contributed by atoms with E-state index in [9.17, 15) is 14.3 Å². The predicted octanol–water partition coefficient (Wildman–Crippen LogP) is 2.42. The largest absolute Gasteiger partial charge is 0.512 e. The van der Waals surface area contributed by atoms with Crippen molar-refractivity contribution in [1.82, 2.24) is 0 Å². The fourth-order valence-corrected chi connectivity index (χ4v) is 1.97. The second-order valence-electron chi connectivity index (χ2n) is 3.60. The highest BCUT2D eigenvalue weighted by Gasteiger charge is 2.30. The van der Waals surface area contributed by atoms with Gasteiger partial charge >= 0.3 is 0 Å². The topological polar surface area (TPSA) is 37.3 Å². The number of Topliss-reactive ketones (excluding diaryl/α,β-unsaturated/α-hetero) is 1. The van der Waals surface area contributed by atoms with Crippen molar-refractivity contribution >= 4 is 5.78 Å². The van der Waals surface area contributed by atoms with Gasteiger partial charge in [-0.1, -0.05) is 0 Å². The number of hydrogen-bond acceptors (Lipinski definition) is 2. The summed E-state index contributed by atoms with van der Waals surface area (Å²) in [6, 6.07) is 0. The first-order valence-corrected chi connectivity index (χ1v) is 4.51. The van der Waals surface area contributed by atoms with Gasteiger partial charge < -0.3 is 5.11 Å². The van der Waals surface area contributed by atoms with Gasteiger partial charge in [-0.15, -0.1) is 0 Å². The van der Waals surface area contributed by atoms with E-state index in [4.69, 9.17) is 0 Å². The van der Waals surface area contributed by atoms with Crippen molar-refractivity contribution in [3.05, 3.63) is 23.2 Å². The molecule has 0 spiro atoms. The SMILES string of the molecule is O=C1CCC2CCC(O)=CC2=C1F. The van der Waals surface area contributed by atoms with E-state index in [1.54, 1.807) is 0 Å². The Balaban J connectivity index is 2.43. The Morgan fingerprint density at radius 1 is 1.38 bits per heavy atom. The van der Waals surface area contributed by atoms with E-state index in [1.165, 1.54) is 6.08 Å². The maximum absolute atomic E-state index is 13.3. The van der Waals surface area contributed by atoms with Crippen LogP contribution in [0.5, 0.6) is 0 Å². The van der Waals surface area contributed by atoms with Gasteiger partial charge in [-0.05, 0) is 30.4 Å². The number of halogens is 1. The van der Waals surface area contributed by atoms with Crippen molar-refractivity contribution in [2.45, 2.75) is 25.7 Å². The van der Waals surface area contributed by atoms with Gasteiger partial charge in [-0.3, -0.25) is 4.79 Å². The number of aliphatic hydroxyl groups excluding tert-OH is 1. The molecule has 0 heterocycles. The van der Waals surface area contributed by atoms with Crippen LogP contribution in [0.2, 0.25) is 0 Å². The normalized spacial score (nSPS) is 28.5. The Kier molecular flexibility index (Phi) is 1.94. The summed E-state index contributed by atoms with van der Waals surface area (Å²) in [5, 5.41) is 9.20. The number of carbonyl (C=O) groups excluding carboxylic acids is 1. The third-order valence-corrected chi connectivity index (χ3v) is 2.73. The van der Waals surface area contributed by atoms with E-state index >= 15 is 0 Å². The lowest BCUT2D eigenvalue weighted by atomic mass is 9.80. The quantitative estimate of drug-likeness (QED) is 0.624. The first-order valence-electron chi connectivity index (χ1n) is 4.51. The van der Waals surface area contributed by atoms with Gasteiger partial charge in [0.25, 0.3) is 0 Å². The van der Waals surface area contributed by atoms with Crippen molar-refractivity contribution in [3.63, 3.8) is 0 Å². The summed E-state index contributed by atoms with van der Waals surface area (Å²) in [5.41, 5.74) is 0.417. The number of hydrogen-bond donors (Lipinski definition) is 1. The molecule has 1 unspecified atom stereocenters. The lowest BCUT2D eigenvalue weighted by Gasteiger charge is -2.26. The molecule has 1 N–H and O–H groups in total. The van der Waals surface area contributed by atoms with Gasteiger partial charge in [0.05, 0.1) is 5.76 Å². The highest BCUT2D eigenvalue weighted by atomic mass is 19.1. The molecule has 0 saturated carbocycles. The van der Waals surface area contributed by atoms with Crippen LogP contribution in [0.1, 0.15) is 25.7 Å². The maximum Gasteiger partial charge on any atom is 0.191 e. The minimum atomic E-state index is -0.637. The molecule has 70 valence electrons. The molecule has 0 fully saturated rings. The average Bonchev–Trinajstić information content (AvgIpc) is 2.12. The zero-order valence-corrected chi connectivity index (χ0v) is 7.22. The number of allylic oxidation sites excluding steroid dienone is 4. The molecule has 0 aromatic heterocycles. The lowest BCUT2D eigenvalue weighted by Crippen LogP contribution is -2.19. The summed E-state index contributed by atoms with van der Waals surface area (Å²) < 4.78 is 13.3. The zero-order valence-electron chi connectivity index (χ0n) is 7.22. The van der Waals surface area contributed by atoms with Crippen LogP contribution in [-0.4, -0.2) is 10.9 Å². The average molecular weight is 182 g/mol. The summed E-state index contributed by atoms with van der Waals surface area (Å²) >= 11 is 0. The van der Waals surface area contributed by atoms with Crippen LogP contribution < -0.4 is 0 Å². The van der Waals surface area contributed by atoms with Crippen molar-refractivity contribution < 1.29 is 14.3 Å². The Labute approximate surface area is 75.8 Å². The molecular weight excluding hydrogens is 171 g/mol. The lowest BCUT2D eigenvalue weighted by molar-refractivity contribution is -0.117. The Bertz CT molecular complexity index is 315. The summed E-state index contributed by atoms with van der Waals surface area (Å²) in [6.45, 7) is 0. The molecule has 2 nitrogen and oxygen atoms in total. The Morgan fingerprint density at radius 2 is 2.08 bits per heavy atom. The summed E-state index contributed by atoms with van der Waals surface area (Å²) in [4.78, 5) is 11.0. The third kappa shape index (κ3) is 1.39. The van der Waals surface area contributed by atoms with Gasteiger partial charge in [0.2, 0.25) is 0 Å². The minimum absolute atomic E-state index is 0.147. The first-order chi connectivity index (χ1) is 6.18. The van der Waals surface area contributed by atoms with Crippen LogP contribution in [0.15, 0.2) is 23.2 Å². The second-order valence-corrected chi connectivity index (χ2v) is 3.60. The third-order valence-electron chi connectivity index (χ3n) is 2.73. The van der Waals surface area contributed by atoms with Gasteiger partial charge in [-0.25, -0.2) is 4.39 Å². The van der Waals surface area contributed by atoms with Gasteiger partial charge in [0, 0.05) is 12.8 Å². The number of rotatable bonds is 0. The molecule has 13 heavy (non-hydrogen) atoms. The number of carbonyl (C=O) groups is 1. The molecule has 0 aliphatic heterocycles. The second kappa shape index (κ2) is 2.98. The van der Waals surface area contributed by atoms with E-state index in [1.807, 2.05) is 0 Å². The van der Waals surface area contributed by atoms with Crippen LogP contribution in [0, 0.1) is 5.92 Å². The van der Waals surface area contributed by atoms with Crippen molar-refractivity contribution in [3.8, 4) is 0 Å². The Hall–Kier alpha value is -1.12. The number of fused-ring (bicyclic) bond motifs is 1. The van der Waals surface area contributed by atoms with E-state index in [-0.39, 0.29) is 11.7 Å². The summed E-state index contributed by atoms with van der Waals surface area (Å²) in [7, 11) is 0. The standard InChI is InChI=1S/C10H11FO2/c11-10-8-5-7(12)3-1-6(8)2-4-9(10)13/h5-6,12H,1-4H2. The zero-order chi connectivity index (χ0) is 9.42. The van der Waals surface area contributed by atoms with E-state index in [0.29, 0.717) is 18.4 Å². The van der Waals surface area contributed by atoms with Crippen LogP contribution >= 0.6 is 0 Å². The van der Waals surface area contributed by atoms with E-state index in [2.05, 4.69) is 0 Å². The summed E-state index contributed by atoms with van der Waals surface area (Å²) in [5.74, 6) is -0.718. The van der Waals surface area contributed by atoms with Crippen LogP contribution in [0.3, 0.4) is 0 Å². The van der Waals surface area contributed by atoms with Crippen LogP contribution in [0.25, 0.3) is 0 Å². The molecule has 3 heteroatoms. The molecule has 0 saturated heterocycles. The fraction of sp³-hybridized carbons (Fsp3) is 0.500. The van der Waals surface area contributed by atoms with Gasteiger partial charge in [-0.2, -0.15) is 0 Å². The number of ketones is 1. The molecule has 1 atom stereocenters. The predicted molar refractivity (Wildman–Crippen MR) is 45.8 cm³/mol. The fourth-order valence-electron chi connectivity index (χ4n) is 1.97. The van der Waals surface area contributed by atoms with Crippen LogP contribution in [-0.2, 0) is 4.79 Å². The van der Waals surface area contributed by atoms with Crippen LogP contribution in [0.4, 0.5) is 4.39 Å². The molecule has 0 aromatic carbocycles. The molecule has 0 aromatic rings. The monoisotopic (exact) mass is 182 g/mol. The molecule has 0 bridgehead atoms. The van der Waals surface area contributed by atoms with Gasteiger partial charge in [0.1, 0.15) is 0 Å². The van der Waals surface area contributed by atoms with E-state index < -0.39 is 11.6 Å². The highest BCUT2D eigenvalue weighted by Crippen LogP contribution is 2.37. The molecule has 2 aliphatic carbocycles. The highest BCUT2D eigenvalue weighted by molar-refractivity contribution is 5.95. The molecular formula is C10H11FO2. The van der Waals surface area contributed by atoms with Crippen molar-refractivity contribution in [2.24, 2.45) is 5.92 Å². The smallest absolute Gasteiger partial charge is 0.191 e. The van der Waals surface area contributed by atoms with Crippen molar-refractivity contribution in [2.75, 3.05) is 0 Å². The first kappa shape index (κ1) is 8.48. The molecule has 0 radical (unpaired) electrons. The molecule has 2 rings (SSSR count).